The van der Waals surface area contributed by atoms with Gasteiger partial charge in [0.05, 0.1) is 31.9 Å². The van der Waals surface area contributed by atoms with Crippen LogP contribution in [0.5, 0.6) is 17.2 Å². The normalized spacial score (nSPS) is 15.6. The largest absolute Gasteiger partial charge is 0.496 e. The van der Waals surface area contributed by atoms with E-state index >= 15 is 0 Å². The van der Waals surface area contributed by atoms with Crippen molar-refractivity contribution in [1.29, 1.82) is 0 Å². The van der Waals surface area contributed by atoms with Crippen LogP contribution in [0.3, 0.4) is 0 Å². The number of benzene rings is 2. The summed E-state index contributed by atoms with van der Waals surface area (Å²) in [6.45, 7) is 1.84. The van der Waals surface area contributed by atoms with E-state index in [1.807, 2.05) is 13.0 Å². The molecule has 168 valence electrons. The van der Waals surface area contributed by atoms with Gasteiger partial charge in [-0.3, -0.25) is 4.79 Å². The molecular formula is C23H23NO6S2. The number of thiophene rings is 1. The van der Waals surface area contributed by atoms with Gasteiger partial charge in [0, 0.05) is 34.2 Å². The SMILES string of the molecule is COc1cc(OC)c([C@H]2CC(=O)Nc3c(S(=O)(=O)c4cccc(C)c4)csc32)cc1OC. The summed E-state index contributed by atoms with van der Waals surface area (Å²) in [4.78, 5) is 13.7. The number of hydrogen-bond donors (Lipinski definition) is 1. The van der Waals surface area contributed by atoms with E-state index in [9.17, 15) is 13.2 Å². The molecule has 1 aromatic heterocycles. The monoisotopic (exact) mass is 473 g/mol. The van der Waals surface area contributed by atoms with Crippen LogP contribution in [0.2, 0.25) is 0 Å². The molecular weight excluding hydrogens is 450 g/mol. The van der Waals surface area contributed by atoms with E-state index in [4.69, 9.17) is 14.2 Å². The third kappa shape index (κ3) is 3.71. The molecule has 1 atom stereocenters. The summed E-state index contributed by atoms with van der Waals surface area (Å²) in [6, 6.07) is 10.2. The minimum absolute atomic E-state index is 0.0978. The molecule has 0 saturated carbocycles. The van der Waals surface area contributed by atoms with E-state index < -0.39 is 9.84 Å². The second kappa shape index (κ2) is 8.48. The Balaban J connectivity index is 1.87. The molecule has 7 nitrogen and oxygen atoms in total. The molecule has 0 bridgehead atoms. The van der Waals surface area contributed by atoms with Gasteiger partial charge in [-0.05, 0) is 30.7 Å². The number of fused-ring (bicyclic) bond motifs is 1. The molecule has 0 aliphatic carbocycles. The third-order valence-corrected chi connectivity index (χ3v) is 8.48. The van der Waals surface area contributed by atoms with Crippen LogP contribution in [0.25, 0.3) is 0 Å². The van der Waals surface area contributed by atoms with Crippen LogP contribution in [0.4, 0.5) is 5.69 Å². The highest BCUT2D eigenvalue weighted by molar-refractivity contribution is 7.91. The van der Waals surface area contributed by atoms with Crippen molar-refractivity contribution in [2.24, 2.45) is 0 Å². The van der Waals surface area contributed by atoms with Crippen molar-refractivity contribution < 1.29 is 27.4 Å². The molecule has 9 heteroatoms. The molecule has 0 spiro atoms. The van der Waals surface area contributed by atoms with Crippen LogP contribution < -0.4 is 19.5 Å². The van der Waals surface area contributed by atoms with Crippen molar-refractivity contribution in [3.8, 4) is 17.2 Å². The van der Waals surface area contributed by atoms with Crippen molar-refractivity contribution in [2.45, 2.75) is 29.1 Å². The van der Waals surface area contributed by atoms with Gasteiger partial charge in [0.2, 0.25) is 15.7 Å². The van der Waals surface area contributed by atoms with Crippen LogP contribution in [0, 0.1) is 6.92 Å². The van der Waals surface area contributed by atoms with Gasteiger partial charge < -0.3 is 19.5 Å². The minimum atomic E-state index is -3.81. The summed E-state index contributed by atoms with van der Waals surface area (Å²) in [5.74, 6) is 0.880. The summed E-state index contributed by atoms with van der Waals surface area (Å²) in [5.41, 5.74) is 1.89. The third-order valence-electron chi connectivity index (χ3n) is 5.46. The highest BCUT2D eigenvalue weighted by atomic mass is 32.2. The fourth-order valence-electron chi connectivity index (χ4n) is 3.89. The summed E-state index contributed by atoms with van der Waals surface area (Å²) < 4.78 is 43.1. The highest BCUT2D eigenvalue weighted by Crippen LogP contribution is 2.49. The predicted molar refractivity (Wildman–Crippen MR) is 122 cm³/mol. The van der Waals surface area contributed by atoms with Crippen LogP contribution in [0.15, 0.2) is 51.6 Å². The fraction of sp³-hybridized carbons (Fsp3) is 0.261. The quantitative estimate of drug-likeness (QED) is 0.571. The van der Waals surface area contributed by atoms with Crippen LogP contribution in [-0.4, -0.2) is 35.7 Å². The first-order valence-electron chi connectivity index (χ1n) is 9.83. The van der Waals surface area contributed by atoms with Gasteiger partial charge in [0.1, 0.15) is 10.6 Å². The van der Waals surface area contributed by atoms with Gasteiger partial charge in [-0.25, -0.2) is 8.42 Å². The number of amides is 1. The summed E-state index contributed by atoms with van der Waals surface area (Å²) in [5, 5.41) is 4.37. The molecule has 3 aromatic rings. The molecule has 1 amide bonds. The second-order valence-electron chi connectivity index (χ2n) is 7.41. The Labute approximate surface area is 190 Å². The Bertz CT molecular complexity index is 1300. The molecule has 0 saturated heterocycles. The minimum Gasteiger partial charge on any atom is -0.496 e. The van der Waals surface area contributed by atoms with Gasteiger partial charge in [-0.1, -0.05) is 12.1 Å². The van der Waals surface area contributed by atoms with Gasteiger partial charge in [-0.2, -0.15) is 0 Å². The summed E-state index contributed by atoms with van der Waals surface area (Å²) in [7, 11) is 0.795. The van der Waals surface area contributed by atoms with Crippen molar-refractivity contribution in [3.63, 3.8) is 0 Å². The lowest BCUT2D eigenvalue weighted by Crippen LogP contribution is -2.23. The molecule has 2 aromatic carbocycles. The Morgan fingerprint density at radius 3 is 2.34 bits per heavy atom. The summed E-state index contributed by atoms with van der Waals surface area (Å²) in [6.07, 6.45) is 0.156. The Morgan fingerprint density at radius 2 is 1.69 bits per heavy atom. The molecule has 1 aliphatic rings. The number of anilines is 1. The average Bonchev–Trinajstić information content (AvgIpc) is 3.22. The number of rotatable bonds is 6. The van der Waals surface area contributed by atoms with Crippen LogP contribution in [0.1, 0.15) is 28.3 Å². The molecule has 0 fully saturated rings. The summed E-state index contributed by atoms with van der Waals surface area (Å²) >= 11 is 1.30. The first kappa shape index (κ1) is 22.2. The van der Waals surface area contributed by atoms with E-state index in [0.717, 1.165) is 16.0 Å². The topological polar surface area (TPSA) is 90.9 Å². The number of hydrogen-bond acceptors (Lipinski definition) is 7. The molecule has 32 heavy (non-hydrogen) atoms. The molecule has 4 rings (SSSR count). The van der Waals surface area contributed by atoms with Crippen molar-refractivity contribution in [1.82, 2.24) is 0 Å². The maximum absolute atomic E-state index is 13.4. The van der Waals surface area contributed by atoms with Gasteiger partial charge in [-0.15, -0.1) is 11.3 Å². The number of ether oxygens (including phenoxy) is 3. The lowest BCUT2D eigenvalue weighted by Gasteiger charge is -2.26. The highest BCUT2D eigenvalue weighted by Gasteiger charge is 2.36. The van der Waals surface area contributed by atoms with Gasteiger partial charge >= 0.3 is 0 Å². The zero-order valence-corrected chi connectivity index (χ0v) is 19.7. The molecule has 2 heterocycles. The Morgan fingerprint density at radius 1 is 1.00 bits per heavy atom. The zero-order valence-electron chi connectivity index (χ0n) is 18.1. The number of methoxy groups -OCH3 is 3. The number of aryl methyl sites for hydroxylation is 1. The van der Waals surface area contributed by atoms with Gasteiger partial charge in [0.25, 0.3) is 0 Å². The van der Waals surface area contributed by atoms with Crippen LogP contribution in [-0.2, 0) is 14.6 Å². The second-order valence-corrected chi connectivity index (χ2v) is 10.2. The van der Waals surface area contributed by atoms with E-state index in [1.54, 1.807) is 35.7 Å². The van der Waals surface area contributed by atoms with Crippen molar-refractivity contribution in [2.75, 3.05) is 26.6 Å². The zero-order chi connectivity index (χ0) is 23.0. The maximum atomic E-state index is 13.4. The van der Waals surface area contributed by atoms with E-state index in [1.165, 1.54) is 32.7 Å². The predicted octanol–water partition coefficient (Wildman–Crippen LogP) is 4.39. The number of carbonyl (C=O) groups excluding carboxylic acids is 1. The smallest absolute Gasteiger partial charge is 0.225 e. The van der Waals surface area contributed by atoms with Crippen molar-refractivity contribution >= 4 is 32.8 Å². The fourth-order valence-corrected chi connectivity index (χ4v) is 6.89. The standard InChI is InChI=1S/C23H23NO6S2/c1-13-6-5-7-14(8-13)32(26,27)20-12-31-23-16(10-21(25)24-22(20)23)15-9-18(29-3)19(30-4)11-17(15)28-2/h5-9,11-12,16H,10H2,1-4H3,(H,24,25)/t16-/m1/s1. The molecule has 1 N–H and O–H groups in total. The number of sulfone groups is 1. The molecule has 0 unspecified atom stereocenters. The average molecular weight is 474 g/mol. The Kier molecular flexibility index (Phi) is 5.87. The molecule has 0 radical (unpaired) electrons. The number of carbonyl (C=O) groups is 1. The van der Waals surface area contributed by atoms with E-state index in [2.05, 4.69) is 5.32 Å². The first-order chi connectivity index (χ1) is 15.3. The van der Waals surface area contributed by atoms with Crippen molar-refractivity contribution in [3.05, 3.63) is 57.8 Å². The molecule has 1 aliphatic heterocycles. The lowest BCUT2D eigenvalue weighted by molar-refractivity contribution is -0.116. The van der Waals surface area contributed by atoms with E-state index in [-0.39, 0.29) is 28.0 Å². The number of nitrogens with one attached hydrogen (secondary N) is 1. The first-order valence-corrected chi connectivity index (χ1v) is 12.2. The Hall–Kier alpha value is -3.04. The maximum Gasteiger partial charge on any atom is 0.225 e. The van der Waals surface area contributed by atoms with Crippen LogP contribution >= 0.6 is 11.3 Å². The van der Waals surface area contributed by atoms with Gasteiger partial charge in [0.15, 0.2) is 11.5 Å². The lowest BCUT2D eigenvalue weighted by atomic mass is 9.89. The van der Waals surface area contributed by atoms with E-state index in [0.29, 0.717) is 22.9 Å².